The van der Waals surface area contributed by atoms with Gasteiger partial charge in [0.05, 0.1) is 22.1 Å². The first kappa shape index (κ1) is 20.0. The summed E-state index contributed by atoms with van der Waals surface area (Å²) in [5, 5.41) is 4.85. The highest BCUT2D eigenvalue weighted by atomic mass is 79.9. The van der Waals surface area contributed by atoms with E-state index in [1.807, 2.05) is 0 Å². The summed E-state index contributed by atoms with van der Waals surface area (Å²) in [5.74, 6) is 1.79. The molecule has 0 unspecified atom stereocenters. The van der Waals surface area contributed by atoms with Crippen molar-refractivity contribution in [3.8, 4) is 11.6 Å². The summed E-state index contributed by atoms with van der Waals surface area (Å²) in [6.45, 7) is 0. The summed E-state index contributed by atoms with van der Waals surface area (Å²) in [4.78, 5) is 5.21. The maximum atomic E-state index is 5.21. The molecule has 0 aliphatic carbocycles. The second-order valence-corrected chi connectivity index (χ2v) is 10.2. The van der Waals surface area contributed by atoms with Crippen LogP contribution in [0.5, 0.6) is 0 Å². The fraction of sp³-hybridized carbons (Fsp3) is 0. The van der Waals surface area contributed by atoms with Crippen LogP contribution in [0.2, 0.25) is 0 Å². The van der Waals surface area contributed by atoms with Gasteiger partial charge < -0.3 is 0 Å². The molecule has 4 aromatic carbocycles. The van der Waals surface area contributed by atoms with E-state index < -0.39 is 0 Å². The quantitative estimate of drug-likeness (QED) is 0.205. The van der Waals surface area contributed by atoms with Crippen LogP contribution in [0.4, 0.5) is 0 Å². The van der Waals surface area contributed by atoms with E-state index in [9.17, 15) is 0 Å². The molecule has 0 atom stereocenters. The highest BCUT2D eigenvalue weighted by Gasteiger charge is 2.16. The van der Waals surface area contributed by atoms with Crippen LogP contribution in [0.25, 0.3) is 55.2 Å². The standard InChI is InChI=1S/C29H17Br2N3/c30-18-12-14-26-22(16-18)23-17-19(31)13-15-27(23)34(26)29-11-5-10-28(32-29)33-24-8-3-1-6-20(24)21-7-2-4-9-25(21)33/h1-17H. The van der Waals surface area contributed by atoms with Crippen molar-refractivity contribution in [2.75, 3.05) is 0 Å². The van der Waals surface area contributed by atoms with E-state index in [0.717, 1.165) is 42.6 Å². The van der Waals surface area contributed by atoms with Crippen molar-refractivity contribution in [1.82, 2.24) is 14.1 Å². The Morgan fingerprint density at radius 2 is 0.882 bits per heavy atom. The monoisotopic (exact) mass is 565 g/mol. The zero-order valence-corrected chi connectivity index (χ0v) is 21.1. The molecule has 0 fully saturated rings. The molecule has 0 amide bonds. The second kappa shape index (κ2) is 7.55. The lowest BCUT2D eigenvalue weighted by Gasteiger charge is -2.11. The molecule has 3 heterocycles. The van der Waals surface area contributed by atoms with Crippen LogP contribution in [0.3, 0.4) is 0 Å². The van der Waals surface area contributed by atoms with Crippen LogP contribution in [0.1, 0.15) is 0 Å². The number of benzene rings is 4. The zero-order valence-electron chi connectivity index (χ0n) is 17.9. The molecular formula is C29H17Br2N3. The molecule has 162 valence electrons. The predicted molar refractivity (Wildman–Crippen MR) is 148 cm³/mol. The van der Waals surface area contributed by atoms with E-state index in [4.69, 9.17) is 4.98 Å². The van der Waals surface area contributed by atoms with Gasteiger partial charge in [-0.1, -0.05) is 74.3 Å². The normalized spacial score (nSPS) is 11.8. The molecule has 0 N–H and O–H groups in total. The Morgan fingerprint density at radius 1 is 0.441 bits per heavy atom. The van der Waals surface area contributed by atoms with Gasteiger partial charge in [-0.2, -0.15) is 0 Å². The first-order valence-electron chi connectivity index (χ1n) is 11.0. The molecule has 0 aliphatic heterocycles. The summed E-state index contributed by atoms with van der Waals surface area (Å²) < 4.78 is 6.63. The van der Waals surface area contributed by atoms with Gasteiger partial charge in [0.15, 0.2) is 0 Å². The predicted octanol–water partition coefficient (Wildman–Crippen LogP) is 8.80. The van der Waals surface area contributed by atoms with Crippen LogP contribution < -0.4 is 0 Å². The third kappa shape index (κ3) is 2.90. The Morgan fingerprint density at radius 3 is 1.38 bits per heavy atom. The lowest BCUT2D eigenvalue weighted by Crippen LogP contribution is -2.03. The highest BCUT2D eigenvalue weighted by molar-refractivity contribution is 9.10. The minimum atomic E-state index is 0.893. The Labute approximate surface area is 212 Å². The largest absolute Gasteiger partial charge is 0.294 e. The van der Waals surface area contributed by atoms with Crippen molar-refractivity contribution in [2.45, 2.75) is 0 Å². The number of para-hydroxylation sites is 2. The number of pyridine rings is 1. The Hall–Kier alpha value is -3.41. The van der Waals surface area contributed by atoms with E-state index >= 15 is 0 Å². The van der Waals surface area contributed by atoms with Crippen LogP contribution in [0, 0.1) is 0 Å². The van der Waals surface area contributed by atoms with Crippen LogP contribution in [-0.4, -0.2) is 14.1 Å². The number of fused-ring (bicyclic) bond motifs is 6. The molecule has 34 heavy (non-hydrogen) atoms. The van der Waals surface area contributed by atoms with E-state index in [0.29, 0.717) is 0 Å². The Bertz CT molecular complexity index is 1780. The van der Waals surface area contributed by atoms with E-state index in [-0.39, 0.29) is 0 Å². The van der Waals surface area contributed by atoms with Crippen molar-refractivity contribution in [3.05, 3.63) is 112 Å². The molecule has 0 radical (unpaired) electrons. The summed E-state index contributed by atoms with van der Waals surface area (Å²) >= 11 is 7.29. The highest BCUT2D eigenvalue weighted by Crippen LogP contribution is 2.36. The van der Waals surface area contributed by atoms with Gasteiger partial charge in [0.25, 0.3) is 0 Å². The van der Waals surface area contributed by atoms with E-state index in [2.05, 4.69) is 144 Å². The van der Waals surface area contributed by atoms with Crippen molar-refractivity contribution < 1.29 is 0 Å². The summed E-state index contributed by atoms with van der Waals surface area (Å²) in [5.41, 5.74) is 4.57. The van der Waals surface area contributed by atoms with Crippen molar-refractivity contribution in [2.24, 2.45) is 0 Å². The topological polar surface area (TPSA) is 22.8 Å². The smallest absolute Gasteiger partial charge is 0.140 e. The molecule has 7 aromatic rings. The Kier molecular flexibility index (Phi) is 4.44. The molecule has 0 spiro atoms. The molecular weight excluding hydrogens is 550 g/mol. The third-order valence-corrected chi connectivity index (χ3v) is 7.43. The third-order valence-electron chi connectivity index (χ3n) is 6.45. The van der Waals surface area contributed by atoms with Gasteiger partial charge in [-0.25, -0.2) is 4.98 Å². The summed E-state index contributed by atoms with van der Waals surface area (Å²) in [7, 11) is 0. The molecule has 3 aromatic heterocycles. The van der Waals surface area contributed by atoms with Gasteiger partial charge in [0, 0.05) is 30.5 Å². The molecule has 3 nitrogen and oxygen atoms in total. The maximum absolute atomic E-state index is 5.21. The fourth-order valence-corrected chi connectivity index (χ4v) is 5.77. The molecule has 0 saturated heterocycles. The summed E-state index contributed by atoms with van der Waals surface area (Å²) in [6.07, 6.45) is 0. The Balaban J connectivity index is 1.55. The number of rotatable bonds is 2. The van der Waals surface area contributed by atoms with Gasteiger partial charge >= 0.3 is 0 Å². The van der Waals surface area contributed by atoms with Gasteiger partial charge in [-0.3, -0.25) is 9.13 Å². The number of aromatic nitrogens is 3. The average Bonchev–Trinajstić information content (AvgIpc) is 3.36. The minimum Gasteiger partial charge on any atom is -0.294 e. The molecule has 0 bridgehead atoms. The SMILES string of the molecule is Brc1ccc2c(c1)c1cc(Br)ccc1n2-c1cccc(-n2c3ccccc3c3ccccc32)n1. The lowest BCUT2D eigenvalue weighted by atomic mass is 10.2. The zero-order chi connectivity index (χ0) is 22.8. The molecule has 0 aliphatic rings. The number of nitrogens with zero attached hydrogens (tertiary/aromatic N) is 3. The first-order valence-corrected chi connectivity index (χ1v) is 12.6. The van der Waals surface area contributed by atoms with Crippen molar-refractivity contribution in [1.29, 1.82) is 0 Å². The first-order chi connectivity index (χ1) is 16.7. The minimum absolute atomic E-state index is 0.893. The van der Waals surface area contributed by atoms with Crippen molar-refractivity contribution >= 4 is 75.5 Å². The van der Waals surface area contributed by atoms with Gasteiger partial charge in [-0.15, -0.1) is 0 Å². The maximum Gasteiger partial charge on any atom is 0.140 e. The van der Waals surface area contributed by atoms with Gasteiger partial charge in [0.2, 0.25) is 0 Å². The lowest BCUT2D eigenvalue weighted by molar-refractivity contribution is 1.01. The van der Waals surface area contributed by atoms with E-state index in [1.54, 1.807) is 0 Å². The molecule has 5 heteroatoms. The van der Waals surface area contributed by atoms with E-state index in [1.165, 1.54) is 21.5 Å². The average molecular weight is 567 g/mol. The number of halogens is 2. The molecule has 0 saturated carbocycles. The number of hydrogen-bond acceptors (Lipinski definition) is 1. The number of hydrogen-bond donors (Lipinski definition) is 0. The molecule has 7 rings (SSSR count). The summed E-state index contributed by atoms with van der Waals surface area (Å²) in [6, 6.07) is 36.2. The van der Waals surface area contributed by atoms with Crippen LogP contribution in [0.15, 0.2) is 112 Å². The second-order valence-electron chi connectivity index (χ2n) is 8.38. The van der Waals surface area contributed by atoms with Gasteiger partial charge in [-0.05, 0) is 60.7 Å². The van der Waals surface area contributed by atoms with Crippen LogP contribution in [-0.2, 0) is 0 Å². The fourth-order valence-electron chi connectivity index (χ4n) is 5.05. The van der Waals surface area contributed by atoms with Crippen molar-refractivity contribution in [3.63, 3.8) is 0 Å². The van der Waals surface area contributed by atoms with Gasteiger partial charge in [0.1, 0.15) is 11.6 Å². The van der Waals surface area contributed by atoms with Crippen LogP contribution >= 0.6 is 31.9 Å².